The van der Waals surface area contributed by atoms with Crippen molar-refractivity contribution in [2.75, 3.05) is 20.6 Å². The van der Waals surface area contributed by atoms with Crippen LogP contribution in [-0.2, 0) is 11.3 Å². The Bertz CT molecular complexity index is 384. The first kappa shape index (κ1) is 13.2. The van der Waals surface area contributed by atoms with Gasteiger partial charge in [0, 0.05) is 30.4 Å². The number of rotatable bonds is 4. The van der Waals surface area contributed by atoms with E-state index in [1.54, 1.807) is 19.3 Å². The Morgan fingerprint density at radius 3 is 2.81 bits per heavy atom. The van der Waals surface area contributed by atoms with Crippen molar-refractivity contribution in [2.45, 2.75) is 6.54 Å². The number of carbonyl (C=O) groups excluding carboxylic acids is 1. The van der Waals surface area contributed by atoms with Crippen LogP contribution >= 0.6 is 23.2 Å². The van der Waals surface area contributed by atoms with E-state index in [1.165, 1.54) is 0 Å². The molecule has 1 rings (SSSR count). The zero-order valence-electron chi connectivity index (χ0n) is 9.13. The van der Waals surface area contributed by atoms with E-state index in [2.05, 4.69) is 10.3 Å². The SMILES string of the molecule is CNC(=O)CN(C)Cc1cnc(Cl)cc1Cl. The molecule has 88 valence electrons. The number of nitrogens with zero attached hydrogens (tertiary/aromatic N) is 2. The highest BCUT2D eigenvalue weighted by Gasteiger charge is 2.08. The summed E-state index contributed by atoms with van der Waals surface area (Å²) in [6.07, 6.45) is 1.62. The first-order valence-electron chi connectivity index (χ1n) is 4.72. The van der Waals surface area contributed by atoms with Crippen molar-refractivity contribution in [3.8, 4) is 0 Å². The van der Waals surface area contributed by atoms with Gasteiger partial charge >= 0.3 is 0 Å². The van der Waals surface area contributed by atoms with Gasteiger partial charge in [0.05, 0.1) is 6.54 Å². The lowest BCUT2D eigenvalue weighted by molar-refractivity contribution is -0.121. The molecule has 0 bridgehead atoms. The molecule has 0 aromatic carbocycles. The van der Waals surface area contributed by atoms with Gasteiger partial charge in [-0.1, -0.05) is 23.2 Å². The van der Waals surface area contributed by atoms with Gasteiger partial charge in [-0.3, -0.25) is 9.69 Å². The van der Waals surface area contributed by atoms with E-state index < -0.39 is 0 Å². The Hall–Kier alpha value is -0.840. The van der Waals surface area contributed by atoms with Gasteiger partial charge in [-0.2, -0.15) is 0 Å². The predicted molar refractivity (Wildman–Crippen MR) is 64.7 cm³/mol. The van der Waals surface area contributed by atoms with Crippen molar-refractivity contribution >= 4 is 29.1 Å². The Kier molecular flexibility index (Phi) is 4.99. The largest absolute Gasteiger partial charge is 0.358 e. The monoisotopic (exact) mass is 261 g/mol. The smallest absolute Gasteiger partial charge is 0.233 e. The van der Waals surface area contributed by atoms with Crippen LogP contribution in [-0.4, -0.2) is 36.4 Å². The van der Waals surface area contributed by atoms with Gasteiger partial charge in [0.1, 0.15) is 5.15 Å². The third-order valence-electron chi connectivity index (χ3n) is 2.03. The zero-order chi connectivity index (χ0) is 12.1. The number of hydrogen-bond acceptors (Lipinski definition) is 3. The highest BCUT2D eigenvalue weighted by atomic mass is 35.5. The van der Waals surface area contributed by atoms with E-state index in [9.17, 15) is 4.79 Å². The molecule has 1 aromatic rings. The minimum Gasteiger partial charge on any atom is -0.358 e. The first-order valence-corrected chi connectivity index (χ1v) is 5.47. The molecule has 6 heteroatoms. The summed E-state index contributed by atoms with van der Waals surface area (Å²) in [7, 11) is 3.44. The predicted octanol–water partition coefficient (Wildman–Crippen LogP) is 1.57. The van der Waals surface area contributed by atoms with Crippen molar-refractivity contribution in [1.82, 2.24) is 15.2 Å². The summed E-state index contributed by atoms with van der Waals surface area (Å²) in [6.45, 7) is 0.867. The summed E-state index contributed by atoms with van der Waals surface area (Å²) in [6, 6.07) is 1.59. The van der Waals surface area contributed by atoms with Crippen LogP contribution in [0.25, 0.3) is 0 Å². The summed E-state index contributed by atoms with van der Waals surface area (Å²) in [4.78, 5) is 16.9. The number of nitrogens with one attached hydrogen (secondary N) is 1. The van der Waals surface area contributed by atoms with Gasteiger partial charge in [-0.25, -0.2) is 4.98 Å². The molecule has 0 saturated heterocycles. The molecule has 0 aliphatic carbocycles. The molecule has 0 saturated carbocycles. The maximum absolute atomic E-state index is 11.1. The molecule has 1 N–H and O–H groups in total. The maximum atomic E-state index is 11.1. The van der Waals surface area contributed by atoms with Crippen molar-refractivity contribution in [2.24, 2.45) is 0 Å². The second kappa shape index (κ2) is 6.03. The van der Waals surface area contributed by atoms with Crippen LogP contribution in [0.2, 0.25) is 10.2 Å². The van der Waals surface area contributed by atoms with Crippen LogP contribution in [0.5, 0.6) is 0 Å². The van der Waals surface area contributed by atoms with E-state index in [0.29, 0.717) is 23.3 Å². The average molecular weight is 262 g/mol. The summed E-state index contributed by atoms with van der Waals surface area (Å²) < 4.78 is 0. The third kappa shape index (κ3) is 3.96. The standard InChI is InChI=1S/C10H13Cl2N3O/c1-13-10(16)6-15(2)5-7-4-14-9(12)3-8(7)11/h3-4H,5-6H2,1-2H3,(H,13,16). The van der Waals surface area contributed by atoms with Crippen molar-refractivity contribution in [3.05, 3.63) is 28.0 Å². The van der Waals surface area contributed by atoms with E-state index in [4.69, 9.17) is 23.2 Å². The van der Waals surface area contributed by atoms with Crippen molar-refractivity contribution < 1.29 is 4.79 Å². The quantitative estimate of drug-likeness (QED) is 0.838. The van der Waals surface area contributed by atoms with Crippen LogP contribution in [0.1, 0.15) is 5.56 Å². The molecule has 0 unspecified atom stereocenters. The van der Waals surface area contributed by atoms with Crippen LogP contribution < -0.4 is 5.32 Å². The van der Waals surface area contributed by atoms with Gasteiger partial charge in [-0.05, 0) is 13.1 Å². The number of carbonyl (C=O) groups is 1. The molecular weight excluding hydrogens is 249 g/mol. The average Bonchev–Trinajstić information content (AvgIpc) is 2.22. The second-order valence-corrected chi connectivity index (χ2v) is 4.24. The molecule has 0 aliphatic rings. The van der Waals surface area contributed by atoms with E-state index in [-0.39, 0.29) is 5.91 Å². The van der Waals surface area contributed by atoms with Gasteiger partial charge in [0.25, 0.3) is 0 Å². The molecule has 16 heavy (non-hydrogen) atoms. The van der Waals surface area contributed by atoms with Crippen LogP contribution in [0.3, 0.4) is 0 Å². The number of likely N-dealkylation sites (N-methyl/N-ethyl adjacent to an activating group) is 2. The number of halogens is 2. The molecule has 1 heterocycles. The number of amides is 1. The molecule has 0 fully saturated rings. The first-order chi connectivity index (χ1) is 7.52. The van der Waals surface area contributed by atoms with Gasteiger partial charge in [-0.15, -0.1) is 0 Å². The third-order valence-corrected chi connectivity index (χ3v) is 2.59. The van der Waals surface area contributed by atoms with E-state index in [1.807, 2.05) is 11.9 Å². The molecule has 0 spiro atoms. The summed E-state index contributed by atoms with van der Waals surface area (Å²) in [5.41, 5.74) is 0.845. The van der Waals surface area contributed by atoms with Crippen LogP contribution in [0, 0.1) is 0 Å². The summed E-state index contributed by atoms with van der Waals surface area (Å²) >= 11 is 11.7. The molecule has 1 aromatic heterocycles. The molecule has 4 nitrogen and oxygen atoms in total. The highest BCUT2D eigenvalue weighted by Crippen LogP contribution is 2.19. The molecule has 1 amide bonds. The molecule has 0 atom stereocenters. The Balaban J connectivity index is 2.62. The number of hydrogen-bond donors (Lipinski definition) is 1. The highest BCUT2D eigenvalue weighted by molar-refractivity contribution is 6.34. The summed E-state index contributed by atoms with van der Waals surface area (Å²) in [5, 5.41) is 3.48. The van der Waals surface area contributed by atoms with E-state index in [0.717, 1.165) is 5.56 Å². The Morgan fingerprint density at radius 1 is 1.56 bits per heavy atom. The topological polar surface area (TPSA) is 45.2 Å². The fourth-order valence-corrected chi connectivity index (χ4v) is 1.65. The Morgan fingerprint density at radius 2 is 2.25 bits per heavy atom. The van der Waals surface area contributed by atoms with Gasteiger partial charge < -0.3 is 5.32 Å². The van der Waals surface area contributed by atoms with Gasteiger partial charge in [0.2, 0.25) is 5.91 Å². The maximum Gasteiger partial charge on any atom is 0.233 e. The molecule has 0 radical (unpaired) electrons. The van der Waals surface area contributed by atoms with Crippen molar-refractivity contribution in [3.63, 3.8) is 0 Å². The lowest BCUT2D eigenvalue weighted by Crippen LogP contribution is -2.32. The lowest BCUT2D eigenvalue weighted by atomic mass is 10.2. The molecule has 0 aliphatic heterocycles. The van der Waals surface area contributed by atoms with E-state index >= 15 is 0 Å². The summed E-state index contributed by atoms with van der Waals surface area (Å²) in [5.74, 6) is -0.0412. The lowest BCUT2D eigenvalue weighted by Gasteiger charge is -2.16. The molecular formula is C10H13Cl2N3O. The van der Waals surface area contributed by atoms with Gasteiger partial charge in [0.15, 0.2) is 0 Å². The number of aromatic nitrogens is 1. The normalized spacial score (nSPS) is 10.6. The fraction of sp³-hybridized carbons (Fsp3) is 0.400. The minimum atomic E-state index is -0.0412. The minimum absolute atomic E-state index is 0.0412. The Labute approximate surface area is 105 Å². The van der Waals surface area contributed by atoms with Crippen molar-refractivity contribution in [1.29, 1.82) is 0 Å². The number of pyridine rings is 1. The zero-order valence-corrected chi connectivity index (χ0v) is 10.6. The van der Waals surface area contributed by atoms with Crippen LogP contribution in [0.4, 0.5) is 0 Å². The second-order valence-electron chi connectivity index (χ2n) is 3.44. The van der Waals surface area contributed by atoms with Crippen LogP contribution in [0.15, 0.2) is 12.3 Å². The fourth-order valence-electron chi connectivity index (χ4n) is 1.22.